The molecule has 1 aliphatic rings. The van der Waals surface area contributed by atoms with E-state index in [4.69, 9.17) is 14.9 Å². The summed E-state index contributed by atoms with van der Waals surface area (Å²) in [5.74, 6) is 0.433. The summed E-state index contributed by atoms with van der Waals surface area (Å²) in [6.07, 6.45) is 6.66. The standard InChI is InChI=1S/C14H24N2O2/c1-2-5-16-14(11-3-6-17-9-11)8-12-10-18-7-4-13(12)15/h3,6,9,12-14,16H,2,4-5,7-8,10,15H2,1H3. The van der Waals surface area contributed by atoms with Crippen molar-refractivity contribution in [3.05, 3.63) is 24.2 Å². The fourth-order valence-electron chi connectivity index (χ4n) is 2.49. The number of hydrogen-bond donors (Lipinski definition) is 2. The lowest BCUT2D eigenvalue weighted by molar-refractivity contribution is 0.0346. The van der Waals surface area contributed by atoms with Crippen LogP contribution in [0.3, 0.4) is 0 Å². The Morgan fingerprint density at radius 3 is 3.11 bits per heavy atom. The van der Waals surface area contributed by atoms with Crippen LogP contribution in [0.25, 0.3) is 0 Å². The highest BCUT2D eigenvalue weighted by Gasteiger charge is 2.26. The third-order valence-electron chi connectivity index (χ3n) is 3.66. The zero-order valence-electron chi connectivity index (χ0n) is 11.1. The molecule has 0 radical (unpaired) electrons. The second-order valence-electron chi connectivity index (χ2n) is 5.09. The molecule has 102 valence electrons. The number of nitrogens with two attached hydrogens (primary N) is 1. The highest BCUT2D eigenvalue weighted by Crippen LogP contribution is 2.26. The zero-order chi connectivity index (χ0) is 12.8. The van der Waals surface area contributed by atoms with Gasteiger partial charge in [-0.3, -0.25) is 0 Å². The molecule has 18 heavy (non-hydrogen) atoms. The van der Waals surface area contributed by atoms with E-state index in [1.807, 2.05) is 12.3 Å². The molecule has 3 atom stereocenters. The molecule has 2 rings (SSSR count). The second kappa shape index (κ2) is 6.92. The van der Waals surface area contributed by atoms with Gasteiger partial charge in [0.1, 0.15) is 0 Å². The van der Waals surface area contributed by atoms with Crippen LogP contribution in [0.1, 0.15) is 37.8 Å². The van der Waals surface area contributed by atoms with Crippen LogP contribution in [0.2, 0.25) is 0 Å². The summed E-state index contributed by atoms with van der Waals surface area (Å²) >= 11 is 0. The van der Waals surface area contributed by atoms with Gasteiger partial charge in [-0.2, -0.15) is 0 Å². The molecule has 1 aromatic heterocycles. The fourth-order valence-corrected chi connectivity index (χ4v) is 2.49. The van der Waals surface area contributed by atoms with E-state index < -0.39 is 0 Å². The van der Waals surface area contributed by atoms with Gasteiger partial charge in [0.05, 0.1) is 19.1 Å². The van der Waals surface area contributed by atoms with Crippen molar-refractivity contribution in [3.63, 3.8) is 0 Å². The monoisotopic (exact) mass is 252 g/mol. The predicted molar refractivity (Wildman–Crippen MR) is 71.3 cm³/mol. The largest absolute Gasteiger partial charge is 0.472 e. The van der Waals surface area contributed by atoms with Crippen molar-refractivity contribution in [2.45, 2.75) is 38.3 Å². The number of hydrogen-bond acceptors (Lipinski definition) is 4. The summed E-state index contributed by atoms with van der Waals surface area (Å²) in [6, 6.07) is 2.61. The van der Waals surface area contributed by atoms with E-state index in [0.29, 0.717) is 12.0 Å². The number of furan rings is 1. The van der Waals surface area contributed by atoms with E-state index in [-0.39, 0.29) is 6.04 Å². The molecule has 1 aliphatic heterocycles. The molecule has 0 saturated carbocycles. The van der Waals surface area contributed by atoms with Crippen LogP contribution in [-0.4, -0.2) is 25.8 Å². The minimum Gasteiger partial charge on any atom is -0.472 e. The quantitative estimate of drug-likeness (QED) is 0.813. The molecule has 0 aromatic carbocycles. The third-order valence-corrected chi connectivity index (χ3v) is 3.66. The molecular weight excluding hydrogens is 228 g/mol. The molecule has 0 aliphatic carbocycles. The lowest BCUT2D eigenvalue weighted by Gasteiger charge is -2.31. The molecule has 4 heteroatoms. The van der Waals surface area contributed by atoms with Crippen LogP contribution in [0.15, 0.2) is 23.0 Å². The molecule has 1 saturated heterocycles. The van der Waals surface area contributed by atoms with Crippen molar-refractivity contribution < 1.29 is 9.15 Å². The van der Waals surface area contributed by atoms with E-state index in [9.17, 15) is 0 Å². The van der Waals surface area contributed by atoms with Crippen molar-refractivity contribution in [1.29, 1.82) is 0 Å². The van der Waals surface area contributed by atoms with Crippen molar-refractivity contribution in [1.82, 2.24) is 5.32 Å². The topological polar surface area (TPSA) is 60.4 Å². The summed E-state index contributed by atoms with van der Waals surface area (Å²) in [6.45, 7) is 4.77. The summed E-state index contributed by atoms with van der Waals surface area (Å²) in [7, 11) is 0. The van der Waals surface area contributed by atoms with Gasteiger partial charge in [0, 0.05) is 24.3 Å². The first-order valence-electron chi connectivity index (χ1n) is 6.90. The predicted octanol–water partition coefficient (Wildman–Crippen LogP) is 2.07. The number of nitrogens with one attached hydrogen (secondary N) is 1. The molecular formula is C14H24N2O2. The Morgan fingerprint density at radius 1 is 1.56 bits per heavy atom. The molecule has 1 aromatic rings. The average molecular weight is 252 g/mol. The van der Waals surface area contributed by atoms with E-state index in [1.54, 1.807) is 6.26 Å². The van der Waals surface area contributed by atoms with Gasteiger partial charge in [0.2, 0.25) is 0 Å². The van der Waals surface area contributed by atoms with Gasteiger partial charge < -0.3 is 20.2 Å². The van der Waals surface area contributed by atoms with Gasteiger partial charge in [-0.15, -0.1) is 0 Å². The first kappa shape index (κ1) is 13.6. The Hall–Kier alpha value is -0.840. The maximum absolute atomic E-state index is 6.18. The normalized spacial score (nSPS) is 26.1. The molecule has 0 spiro atoms. The highest BCUT2D eigenvalue weighted by molar-refractivity contribution is 5.12. The lowest BCUT2D eigenvalue weighted by atomic mass is 9.88. The van der Waals surface area contributed by atoms with Gasteiger partial charge in [-0.1, -0.05) is 6.92 Å². The molecule has 4 nitrogen and oxygen atoms in total. The number of ether oxygens (including phenoxy) is 1. The van der Waals surface area contributed by atoms with Crippen LogP contribution in [0, 0.1) is 5.92 Å². The summed E-state index contributed by atoms with van der Waals surface area (Å²) in [5.41, 5.74) is 7.39. The van der Waals surface area contributed by atoms with Gasteiger partial charge in [-0.05, 0) is 37.8 Å². The van der Waals surface area contributed by atoms with Crippen LogP contribution in [0.5, 0.6) is 0 Å². The molecule has 0 bridgehead atoms. The van der Waals surface area contributed by atoms with Crippen molar-refractivity contribution >= 4 is 0 Å². The molecule has 2 heterocycles. The maximum atomic E-state index is 6.18. The SMILES string of the molecule is CCCNC(CC1COCCC1N)c1ccoc1. The lowest BCUT2D eigenvalue weighted by Crippen LogP contribution is -2.40. The maximum Gasteiger partial charge on any atom is 0.0950 e. The Kier molecular flexibility index (Phi) is 5.23. The molecule has 1 fully saturated rings. The first-order valence-corrected chi connectivity index (χ1v) is 6.90. The van der Waals surface area contributed by atoms with E-state index in [2.05, 4.69) is 12.2 Å². The van der Waals surface area contributed by atoms with Gasteiger partial charge >= 0.3 is 0 Å². The minimum atomic E-state index is 0.261. The molecule has 3 N–H and O–H groups in total. The summed E-state index contributed by atoms with van der Waals surface area (Å²) < 4.78 is 10.7. The molecule has 3 unspecified atom stereocenters. The summed E-state index contributed by atoms with van der Waals surface area (Å²) in [4.78, 5) is 0. The smallest absolute Gasteiger partial charge is 0.0950 e. The average Bonchev–Trinajstić information content (AvgIpc) is 2.90. The number of rotatable bonds is 6. The van der Waals surface area contributed by atoms with Gasteiger partial charge in [0.15, 0.2) is 0 Å². The van der Waals surface area contributed by atoms with E-state index >= 15 is 0 Å². The minimum absolute atomic E-state index is 0.261. The third kappa shape index (κ3) is 3.57. The van der Waals surface area contributed by atoms with Crippen LogP contribution < -0.4 is 11.1 Å². The van der Waals surface area contributed by atoms with Crippen LogP contribution >= 0.6 is 0 Å². The van der Waals surface area contributed by atoms with Crippen LogP contribution in [-0.2, 0) is 4.74 Å². The van der Waals surface area contributed by atoms with Crippen molar-refractivity contribution in [3.8, 4) is 0 Å². The van der Waals surface area contributed by atoms with Gasteiger partial charge in [-0.25, -0.2) is 0 Å². The van der Waals surface area contributed by atoms with Gasteiger partial charge in [0.25, 0.3) is 0 Å². The van der Waals surface area contributed by atoms with Crippen LogP contribution in [0.4, 0.5) is 0 Å². The van der Waals surface area contributed by atoms with Crippen molar-refractivity contribution in [2.75, 3.05) is 19.8 Å². The highest BCUT2D eigenvalue weighted by atomic mass is 16.5. The molecule has 0 amide bonds. The Labute approximate surface area is 109 Å². The van der Waals surface area contributed by atoms with Crippen molar-refractivity contribution in [2.24, 2.45) is 11.7 Å². The zero-order valence-corrected chi connectivity index (χ0v) is 11.1. The first-order chi connectivity index (χ1) is 8.81. The van der Waals surface area contributed by atoms with E-state index in [1.165, 1.54) is 5.56 Å². The summed E-state index contributed by atoms with van der Waals surface area (Å²) in [5, 5.41) is 3.57. The Balaban J connectivity index is 1.95. The fraction of sp³-hybridized carbons (Fsp3) is 0.714. The Morgan fingerprint density at radius 2 is 2.44 bits per heavy atom. The Bertz CT molecular complexity index is 327. The second-order valence-corrected chi connectivity index (χ2v) is 5.09. The van der Waals surface area contributed by atoms with E-state index in [0.717, 1.165) is 39.0 Å².